The number of rotatable bonds is 5. The highest BCUT2D eigenvalue weighted by molar-refractivity contribution is 6.16. The molecule has 0 spiro atoms. The molecule has 1 aliphatic rings. The summed E-state index contributed by atoms with van der Waals surface area (Å²) in [4.78, 5) is 36.6. The maximum Gasteiger partial charge on any atom is 0.331 e. The van der Waals surface area contributed by atoms with Gasteiger partial charge in [-0.05, 0) is 19.4 Å². The Morgan fingerprint density at radius 2 is 1.76 bits per heavy atom. The summed E-state index contributed by atoms with van der Waals surface area (Å²) < 4.78 is 29.0. The number of nitrogens with zero attached hydrogens (tertiary/aromatic N) is 1. The van der Waals surface area contributed by atoms with Crippen LogP contribution in [0.15, 0.2) is 30.3 Å². The number of barbiturate groups is 1. The van der Waals surface area contributed by atoms with Crippen LogP contribution in [0.5, 0.6) is 0 Å². The summed E-state index contributed by atoms with van der Waals surface area (Å²) in [5.74, 6) is -7.11. The van der Waals surface area contributed by atoms with Crippen molar-refractivity contribution in [2.45, 2.75) is 38.3 Å². The highest BCUT2D eigenvalue weighted by Gasteiger charge is 2.49. The summed E-state index contributed by atoms with van der Waals surface area (Å²) in [5.41, 5.74) is 5.83. The molecule has 0 radical (unpaired) electrons. The molecule has 9 heteroatoms. The number of nitrogens with one attached hydrogen (secondary N) is 1. The molecule has 0 aromatic heterocycles. The molecule has 1 saturated heterocycles. The fourth-order valence-corrected chi connectivity index (χ4v) is 2.61. The van der Waals surface area contributed by atoms with E-state index >= 15 is 0 Å². The Kier molecular flexibility index (Phi) is 6.61. The molecular weight excluding hydrogens is 356 g/mol. The first-order valence-electron chi connectivity index (χ1n) is 7.51. The van der Waals surface area contributed by atoms with Crippen molar-refractivity contribution in [1.82, 2.24) is 10.2 Å². The largest absolute Gasteiger partial charge is 0.331 e. The minimum absolute atomic E-state index is 0. The van der Waals surface area contributed by atoms with Crippen LogP contribution >= 0.6 is 12.4 Å². The third-order valence-electron chi connectivity index (χ3n) is 3.91. The number of urea groups is 1. The average molecular weight is 376 g/mol. The molecule has 1 unspecified atom stereocenters. The first kappa shape index (κ1) is 21.0. The predicted octanol–water partition coefficient (Wildman–Crippen LogP) is 2.24. The van der Waals surface area contributed by atoms with Gasteiger partial charge >= 0.3 is 6.03 Å². The molecule has 25 heavy (non-hydrogen) atoms. The molecule has 2 atom stereocenters. The molecule has 0 saturated carbocycles. The number of carbonyl (C=O) groups is 3. The van der Waals surface area contributed by atoms with Gasteiger partial charge in [0.2, 0.25) is 11.8 Å². The van der Waals surface area contributed by atoms with Crippen molar-refractivity contribution in [2.75, 3.05) is 0 Å². The number of amides is 4. The molecule has 0 aliphatic carbocycles. The zero-order valence-electron chi connectivity index (χ0n) is 13.7. The topological polar surface area (TPSA) is 92.5 Å². The van der Waals surface area contributed by atoms with Crippen LogP contribution in [0.3, 0.4) is 0 Å². The predicted molar refractivity (Wildman–Crippen MR) is 89.2 cm³/mol. The van der Waals surface area contributed by atoms with Gasteiger partial charge in [0.1, 0.15) is 5.92 Å². The van der Waals surface area contributed by atoms with Gasteiger partial charge in [-0.1, -0.05) is 30.3 Å². The van der Waals surface area contributed by atoms with Gasteiger partial charge in [0, 0.05) is 12.5 Å². The van der Waals surface area contributed by atoms with Crippen LogP contribution < -0.4 is 11.1 Å². The monoisotopic (exact) mass is 375 g/mol. The Bertz CT molecular complexity index is 655. The van der Waals surface area contributed by atoms with Gasteiger partial charge in [0.15, 0.2) is 0 Å². The first-order valence-corrected chi connectivity index (χ1v) is 7.51. The standard InChI is InChI=1S/C16H19F2N3O3.ClH/c1-9(2)21-14(23)11(13(22)20-15(21)24)8-16(17,18)12(19)10-6-4-3-5-7-10;/h3-7,9,11-12H,8,19H2,1-2H3,(H,20,22,24);1H/t11?,12-;/m0./s1. The summed E-state index contributed by atoms with van der Waals surface area (Å²) in [6.45, 7) is 3.11. The van der Waals surface area contributed by atoms with Crippen molar-refractivity contribution < 1.29 is 23.2 Å². The molecule has 2 rings (SSSR count). The summed E-state index contributed by atoms with van der Waals surface area (Å²) in [6, 6.07) is 4.60. The maximum absolute atomic E-state index is 14.5. The lowest BCUT2D eigenvalue weighted by molar-refractivity contribution is -0.149. The molecule has 3 N–H and O–H groups in total. The lowest BCUT2D eigenvalue weighted by Gasteiger charge is -2.35. The van der Waals surface area contributed by atoms with Crippen LogP contribution in [0.4, 0.5) is 13.6 Å². The Balaban J connectivity index is 0.00000312. The lowest BCUT2D eigenvalue weighted by Crippen LogP contribution is -2.61. The highest BCUT2D eigenvalue weighted by atomic mass is 35.5. The minimum atomic E-state index is -3.50. The second-order valence-electron chi connectivity index (χ2n) is 6.00. The zero-order chi connectivity index (χ0) is 18.1. The van der Waals surface area contributed by atoms with E-state index in [-0.39, 0.29) is 18.0 Å². The van der Waals surface area contributed by atoms with Gasteiger partial charge in [-0.3, -0.25) is 19.8 Å². The molecule has 0 bridgehead atoms. The van der Waals surface area contributed by atoms with Crippen LogP contribution in [-0.2, 0) is 9.59 Å². The van der Waals surface area contributed by atoms with Crippen molar-refractivity contribution in [1.29, 1.82) is 0 Å². The fourth-order valence-electron chi connectivity index (χ4n) is 2.61. The third-order valence-corrected chi connectivity index (χ3v) is 3.91. The SMILES string of the molecule is CC(C)N1C(=O)NC(=O)C(CC(F)(F)[C@@H](N)c2ccccc2)C1=O.Cl. The Morgan fingerprint density at radius 3 is 2.28 bits per heavy atom. The molecule has 1 aliphatic heterocycles. The third kappa shape index (κ3) is 4.32. The van der Waals surface area contributed by atoms with Crippen LogP contribution in [0, 0.1) is 5.92 Å². The van der Waals surface area contributed by atoms with Crippen molar-refractivity contribution in [3.8, 4) is 0 Å². The number of halogens is 3. The zero-order valence-corrected chi connectivity index (χ0v) is 14.6. The second-order valence-corrected chi connectivity index (χ2v) is 6.00. The van der Waals surface area contributed by atoms with E-state index < -0.39 is 48.2 Å². The van der Waals surface area contributed by atoms with E-state index in [2.05, 4.69) is 0 Å². The van der Waals surface area contributed by atoms with Crippen molar-refractivity contribution in [2.24, 2.45) is 11.7 Å². The van der Waals surface area contributed by atoms with Gasteiger partial charge in [-0.15, -0.1) is 12.4 Å². The average Bonchev–Trinajstić information content (AvgIpc) is 2.51. The van der Waals surface area contributed by atoms with E-state index in [1.54, 1.807) is 32.0 Å². The van der Waals surface area contributed by atoms with Gasteiger partial charge in [-0.25, -0.2) is 13.6 Å². The fraction of sp³-hybridized carbons (Fsp3) is 0.438. The van der Waals surface area contributed by atoms with Crippen LogP contribution in [0.2, 0.25) is 0 Å². The molecule has 1 fully saturated rings. The molecular formula is C16H20ClF2N3O3. The summed E-state index contributed by atoms with van der Waals surface area (Å²) in [5, 5.41) is 1.95. The molecule has 1 heterocycles. The van der Waals surface area contributed by atoms with Crippen molar-refractivity contribution in [3.05, 3.63) is 35.9 Å². The molecule has 1 aromatic rings. The van der Waals surface area contributed by atoms with E-state index in [9.17, 15) is 23.2 Å². The van der Waals surface area contributed by atoms with Crippen molar-refractivity contribution >= 4 is 30.3 Å². The Morgan fingerprint density at radius 1 is 1.20 bits per heavy atom. The summed E-state index contributed by atoms with van der Waals surface area (Å²) in [7, 11) is 0. The van der Waals surface area contributed by atoms with Gasteiger partial charge in [0.25, 0.3) is 5.92 Å². The van der Waals surface area contributed by atoms with E-state index in [0.29, 0.717) is 0 Å². The van der Waals surface area contributed by atoms with Crippen LogP contribution in [-0.4, -0.2) is 34.7 Å². The molecule has 4 amide bonds. The Labute approximate surface area is 150 Å². The minimum Gasteiger partial charge on any atom is -0.319 e. The smallest absolute Gasteiger partial charge is 0.319 e. The van der Waals surface area contributed by atoms with Gasteiger partial charge < -0.3 is 5.73 Å². The molecule has 6 nitrogen and oxygen atoms in total. The van der Waals surface area contributed by atoms with E-state index in [0.717, 1.165) is 4.90 Å². The maximum atomic E-state index is 14.5. The molecule has 1 aromatic carbocycles. The van der Waals surface area contributed by atoms with Gasteiger partial charge in [0.05, 0.1) is 6.04 Å². The summed E-state index contributed by atoms with van der Waals surface area (Å²) in [6.07, 6.45) is -1.07. The molecule has 138 valence electrons. The number of nitrogens with two attached hydrogens (primary N) is 1. The van der Waals surface area contributed by atoms with Gasteiger partial charge in [-0.2, -0.15) is 0 Å². The number of hydrogen-bond donors (Lipinski definition) is 2. The Hall–Kier alpha value is -2.06. The number of benzene rings is 1. The number of imide groups is 2. The van der Waals surface area contributed by atoms with E-state index in [4.69, 9.17) is 5.73 Å². The highest BCUT2D eigenvalue weighted by Crippen LogP contribution is 2.36. The van der Waals surface area contributed by atoms with Crippen LogP contribution in [0.1, 0.15) is 31.9 Å². The number of alkyl halides is 2. The summed E-state index contributed by atoms with van der Waals surface area (Å²) >= 11 is 0. The van der Waals surface area contributed by atoms with Crippen LogP contribution in [0.25, 0.3) is 0 Å². The second kappa shape index (κ2) is 7.88. The normalized spacial score (nSPS) is 19.5. The first-order chi connectivity index (χ1) is 11.1. The van der Waals surface area contributed by atoms with E-state index in [1.165, 1.54) is 12.1 Å². The van der Waals surface area contributed by atoms with E-state index in [1.807, 2.05) is 5.32 Å². The number of hydrogen-bond acceptors (Lipinski definition) is 4. The quantitative estimate of drug-likeness (QED) is 0.772. The van der Waals surface area contributed by atoms with Crippen molar-refractivity contribution in [3.63, 3.8) is 0 Å². The lowest BCUT2D eigenvalue weighted by atomic mass is 9.90. The number of carbonyl (C=O) groups excluding carboxylic acids is 3.